The van der Waals surface area contributed by atoms with Crippen LogP contribution in [0.15, 0.2) is 11.5 Å². The molecule has 0 spiro atoms. The van der Waals surface area contributed by atoms with Gasteiger partial charge in [-0.3, -0.25) is 0 Å². The Morgan fingerprint density at radius 3 is 2.40 bits per heavy atom. The average molecular weight is 172 g/mol. The van der Waals surface area contributed by atoms with E-state index in [4.69, 9.17) is 5.11 Å². The predicted molar refractivity (Wildman–Crippen MR) is 34.5 cm³/mol. The summed E-state index contributed by atoms with van der Waals surface area (Å²) in [5.74, 6) is 0. The number of halogens is 3. The zero-order valence-electron chi connectivity index (χ0n) is 5.06. The lowest BCUT2D eigenvalue weighted by atomic mass is 10.5. The van der Waals surface area contributed by atoms with Crippen molar-refractivity contribution < 1.29 is 18.3 Å². The molecular formula is C5H7F3OS. The fraction of sp³-hybridized carbons (Fsp3) is 0.600. The molecule has 0 aliphatic rings. The molecule has 60 valence electrons. The highest BCUT2D eigenvalue weighted by Crippen LogP contribution is 2.30. The maximum Gasteiger partial charge on any atom is 0.445 e. The van der Waals surface area contributed by atoms with Crippen LogP contribution in [0.25, 0.3) is 0 Å². The Bertz CT molecular complexity index is 110. The van der Waals surface area contributed by atoms with E-state index in [9.17, 15) is 13.2 Å². The molecule has 5 heteroatoms. The van der Waals surface area contributed by atoms with Gasteiger partial charge in [0.15, 0.2) is 0 Å². The minimum absolute atomic E-state index is 0.116. The zero-order chi connectivity index (χ0) is 8.04. The summed E-state index contributed by atoms with van der Waals surface area (Å²) in [5.41, 5.74) is -4.20. The van der Waals surface area contributed by atoms with Crippen LogP contribution in [0.4, 0.5) is 13.2 Å². The molecule has 0 atom stereocenters. The molecule has 0 saturated heterocycles. The summed E-state index contributed by atoms with van der Waals surface area (Å²) < 4.78 is 34.0. The van der Waals surface area contributed by atoms with E-state index >= 15 is 0 Å². The highest BCUT2D eigenvalue weighted by Gasteiger charge is 2.26. The van der Waals surface area contributed by atoms with E-state index in [1.54, 1.807) is 0 Å². The molecule has 0 heterocycles. The number of rotatable bonds is 3. The monoisotopic (exact) mass is 172 g/mol. The topological polar surface area (TPSA) is 20.2 Å². The third-order valence-corrected chi connectivity index (χ3v) is 1.19. The summed E-state index contributed by atoms with van der Waals surface area (Å²) in [7, 11) is 0. The van der Waals surface area contributed by atoms with E-state index in [0.29, 0.717) is 0 Å². The van der Waals surface area contributed by atoms with E-state index in [1.807, 2.05) is 0 Å². The van der Waals surface area contributed by atoms with Gasteiger partial charge in [-0.2, -0.15) is 13.2 Å². The van der Waals surface area contributed by atoms with Crippen LogP contribution in [0.3, 0.4) is 0 Å². The molecule has 0 saturated carbocycles. The minimum Gasteiger partial charge on any atom is -0.396 e. The second-order valence-corrected chi connectivity index (χ2v) is 2.42. The van der Waals surface area contributed by atoms with Gasteiger partial charge in [0.25, 0.3) is 0 Å². The van der Waals surface area contributed by atoms with Crippen LogP contribution in [-0.4, -0.2) is 17.2 Å². The van der Waals surface area contributed by atoms with E-state index in [1.165, 1.54) is 6.08 Å². The summed E-state index contributed by atoms with van der Waals surface area (Å²) in [6, 6.07) is 0. The number of hydrogen-bond donors (Lipinski definition) is 1. The first-order chi connectivity index (χ1) is 4.56. The van der Waals surface area contributed by atoms with Crippen LogP contribution < -0.4 is 0 Å². The van der Waals surface area contributed by atoms with Crippen molar-refractivity contribution in [2.75, 3.05) is 6.61 Å². The molecule has 0 radical (unpaired) electrons. The molecule has 0 amide bonds. The molecule has 0 aliphatic carbocycles. The van der Waals surface area contributed by atoms with Crippen molar-refractivity contribution in [1.29, 1.82) is 0 Å². The highest BCUT2D eigenvalue weighted by atomic mass is 32.2. The molecule has 0 aromatic rings. The summed E-state index contributed by atoms with van der Waals surface area (Å²) in [5, 5.41) is 9.08. The smallest absolute Gasteiger partial charge is 0.396 e. The van der Waals surface area contributed by atoms with Crippen LogP contribution in [-0.2, 0) is 0 Å². The van der Waals surface area contributed by atoms with Gasteiger partial charge in [-0.05, 0) is 23.6 Å². The first-order valence-electron chi connectivity index (χ1n) is 2.56. The lowest BCUT2D eigenvalue weighted by Gasteiger charge is -1.98. The third kappa shape index (κ3) is 7.84. The van der Waals surface area contributed by atoms with Crippen LogP contribution in [0.5, 0.6) is 0 Å². The molecule has 0 rings (SSSR count). The van der Waals surface area contributed by atoms with Crippen LogP contribution in [0.1, 0.15) is 6.42 Å². The van der Waals surface area contributed by atoms with Gasteiger partial charge in [0.1, 0.15) is 0 Å². The van der Waals surface area contributed by atoms with Gasteiger partial charge in [0, 0.05) is 6.61 Å². The molecule has 0 unspecified atom stereocenters. The number of aliphatic hydroxyl groups excluding tert-OH is 1. The molecule has 0 aromatic heterocycles. The summed E-state index contributed by atoms with van der Waals surface area (Å²) in [6.07, 6.45) is 1.54. The standard InChI is InChI=1S/C5H7F3OS/c6-5(7,8)10-4-2-1-3-9/h2,4,9H,1,3H2. The van der Waals surface area contributed by atoms with Gasteiger partial charge in [-0.1, -0.05) is 6.08 Å². The summed E-state index contributed by atoms with van der Waals surface area (Å²) in [4.78, 5) is 0. The first kappa shape index (κ1) is 9.84. The van der Waals surface area contributed by atoms with Crippen molar-refractivity contribution in [2.45, 2.75) is 11.9 Å². The maximum absolute atomic E-state index is 11.3. The molecule has 0 aliphatic heterocycles. The van der Waals surface area contributed by atoms with Crippen molar-refractivity contribution in [1.82, 2.24) is 0 Å². The highest BCUT2D eigenvalue weighted by molar-refractivity contribution is 8.02. The lowest BCUT2D eigenvalue weighted by molar-refractivity contribution is -0.0320. The number of alkyl halides is 3. The van der Waals surface area contributed by atoms with E-state index in [-0.39, 0.29) is 24.8 Å². The Balaban J connectivity index is 3.34. The molecule has 1 nitrogen and oxygen atoms in total. The van der Waals surface area contributed by atoms with Gasteiger partial charge >= 0.3 is 5.51 Å². The summed E-state index contributed by atoms with van der Waals surface area (Å²) >= 11 is -0.218. The zero-order valence-corrected chi connectivity index (χ0v) is 5.87. The Labute approximate surface area is 60.9 Å². The van der Waals surface area contributed by atoms with Crippen molar-refractivity contribution in [3.63, 3.8) is 0 Å². The molecule has 0 fully saturated rings. The van der Waals surface area contributed by atoms with Gasteiger partial charge in [-0.15, -0.1) is 0 Å². The number of thioether (sulfide) groups is 1. The number of hydrogen-bond acceptors (Lipinski definition) is 2. The van der Waals surface area contributed by atoms with Crippen molar-refractivity contribution >= 4 is 11.8 Å². The van der Waals surface area contributed by atoms with Crippen molar-refractivity contribution in [3.05, 3.63) is 11.5 Å². The normalized spacial score (nSPS) is 12.8. The maximum atomic E-state index is 11.3. The Hall–Kier alpha value is -0.160. The second-order valence-electron chi connectivity index (χ2n) is 1.45. The molecule has 10 heavy (non-hydrogen) atoms. The minimum atomic E-state index is -4.20. The SMILES string of the molecule is OCCC=CSC(F)(F)F. The van der Waals surface area contributed by atoms with Gasteiger partial charge < -0.3 is 5.11 Å². The quantitative estimate of drug-likeness (QED) is 0.703. The molecule has 0 bridgehead atoms. The Kier molecular flexibility index (Phi) is 4.55. The van der Waals surface area contributed by atoms with Crippen molar-refractivity contribution in [3.8, 4) is 0 Å². The summed E-state index contributed by atoms with van der Waals surface area (Å²) in [6.45, 7) is -0.116. The van der Waals surface area contributed by atoms with E-state index < -0.39 is 5.51 Å². The number of aliphatic hydroxyl groups is 1. The fourth-order valence-corrected chi connectivity index (χ4v) is 0.654. The second kappa shape index (κ2) is 4.62. The first-order valence-corrected chi connectivity index (χ1v) is 3.44. The predicted octanol–water partition coefficient (Wildman–Crippen LogP) is 2.14. The van der Waals surface area contributed by atoms with E-state index in [0.717, 1.165) is 5.41 Å². The Morgan fingerprint density at radius 1 is 1.40 bits per heavy atom. The van der Waals surface area contributed by atoms with Crippen LogP contribution >= 0.6 is 11.8 Å². The largest absolute Gasteiger partial charge is 0.445 e. The molecular weight excluding hydrogens is 165 g/mol. The van der Waals surface area contributed by atoms with Gasteiger partial charge in [-0.25, -0.2) is 0 Å². The van der Waals surface area contributed by atoms with Crippen molar-refractivity contribution in [2.24, 2.45) is 0 Å². The van der Waals surface area contributed by atoms with Gasteiger partial charge in [0.05, 0.1) is 0 Å². The van der Waals surface area contributed by atoms with Gasteiger partial charge in [0.2, 0.25) is 0 Å². The third-order valence-electron chi connectivity index (χ3n) is 0.594. The van der Waals surface area contributed by atoms with Crippen LogP contribution in [0.2, 0.25) is 0 Å². The Morgan fingerprint density at radius 2 is 2.00 bits per heavy atom. The molecule has 0 aromatic carbocycles. The fourth-order valence-electron chi connectivity index (χ4n) is 0.268. The van der Waals surface area contributed by atoms with E-state index in [2.05, 4.69) is 0 Å². The molecule has 1 N–H and O–H groups in total. The average Bonchev–Trinajstić information content (AvgIpc) is 1.78. The lowest BCUT2D eigenvalue weighted by Crippen LogP contribution is -1.96. The van der Waals surface area contributed by atoms with Crippen LogP contribution in [0, 0.1) is 0 Å².